The summed E-state index contributed by atoms with van der Waals surface area (Å²) in [5.41, 5.74) is 2.62. The monoisotopic (exact) mass is 425 g/mol. The van der Waals surface area contributed by atoms with Gasteiger partial charge in [-0.15, -0.1) is 0 Å². The van der Waals surface area contributed by atoms with Gasteiger partial charge in [-0.25, -0.2) is 0 Å². The van der Waals surface area contributed by atoms with E-state index < -0.39 is 0 Å². The summed E-state index contributed by atoms with van der Waals surface area (Å²) in [7, 11) is 0. The summed E-state index contributed by atoms with van der Waals surface area (Å²) in [4.78, 5) is 27.5. The number of para-hydroxylation sites is 1. The fourth-order valence-corrected chi connectivity index (χ4v) is 4.26. The molecule has 0 spiro atoms. The van der Waals surface area contributed by atoms with Crippen LogP contribution in [0.3, 0.4) is 0 Å². The molecule has 1 saturated heterocycles. The molecule has 0 bridgehead atoms. The average molecular weight is 426 g/mol. The highest BCUT2D eigenvalue weighted by molar-refractivity contribution is 5.93. The number of nitrogens with zero attached hydrogens (tertiary/aromatic N) is 3. The molecule has 0 aliphatic carbocycles. The average Bonchev–Trinajstić information content (AvgIpc) is 2.77. The van der Waals surface area contributed by atoms with Gasteiger partial charge in [0.05, 0.1) is 4.92 Å². The third-order valence-electron chi connectivity index (χ3n) is 5.84. The van der Waals surface area contributed by atoms with E-state index in [2.05, 4.69) is 4.90 Å². The van der Waals surface area contributed by atoms with Gasteiger partial charge in [0.15, 0.2) is 0 Å². The molecule has 0 N–H and O–H groups in total. The number of piperidine rings is 1. The number of anilines is 1. The number of hydrogen-bond acceptors (Lipinski definition) is 5. The number of benzene rings is 2. The number of carbonyl (C=O) groups is 1. The van der Waals surface area contributed by atoms with Gasteiger partial charge in [0.2, 0.25) is 5.91 Å². The Labute approximate surface area is 183 Å². The van der Waals surface area contributed by atoms with Gasteiger partial charge in [-0.05, 0) is 49.9 Å². The van der Waals surface area contributed by atoms with Gasteiger partial charge >= 0.3 is 0 Å². The number of carbonyl (C=O) groups excluding carboxylic acids is 1. The van der Waals surface area contributed by atoms with Crippen LogP contribution in [0.1, 0.15) is 37.3 Å². The van der Waals surface area contributed by atoms with Crippen LogP contribution in [0, 0.1) is 24.0 Å². The van der Waals surface area contributed by atoms with Crippen molar-refractivity contribution in [2.75, 3.05) is 31.1 Å². The lowest BCUT2D eigenvalue weighted by Crippen LogP contribution is -2.48. The lowest BCUT2D eigenvalue weighted by molar-refractivity contribution is -0.385. The molecule has 2 aromatic rings. The minimum absolute atomic E-state index is 0.0917. The highest BCUT2D eigenvalue weighted by atomic mass is 16.6. The zero-order chi connectivity index (χ0) is 22.4. The Bertz CT molecular complexity index is 885. The van der Waals surface area contributed by atoms with Gasteiger partial charge < -0.3 is 9.64 Å². The van der Waals surface area contributed by atoms with Crippen LogP contribution in [-0.4, -0.2) is 48.0 Å². The lowest BCUT2D eigenvalue weighted by atomic mass is 10.0. The molecule has 1 amide bonds. The third kappa shape index (κ3) is 5.61. The molecule has 1 heterocycles. The van der Waals surface area contributed by atoms with Crippen LogP contribution < -0.4 is 9.64 Å². The van der Waals surface area contributed by atoms with Crippen molar-refractivity contribution in [3.05, 3.63) is 63.7 Å². The number of ether oxygens (including phenoxy) is 1. The predicted molar refractivity (Wildman–Crippen MR) is 122 cm³/mol. The van der Waals surface area contributed by atoms with Crippen LogP contribution in [0.15, 0.2) is 42.5 Å². The Morgan fingerprint density at radius 3 is 2.32 bits per heavy atom. The standard InChI is InChI=1S/C24H31N3O4/c1-4-23(28)26(20-8-6-5-7-9-20)21-10-12-25(13-11-21)14-15-31-24-18(2)16-22(27(29)30)17-19(24)3/h5-9,16-17,21H,4,10-15H2,1-3H3. The molecule has 0 atom stereocenters. The van der Waals surface area contributed by atoms with E-state index in [1.54, 1.807) is 12.1 Å². The first-order valence-corrected chi connectivity index (χ1v) is 10.9. The van der Waals surface area contributed by atoms with Gasteiger partial charge in [0.25, 0.3) is 5.69 Å². The van der Waals surface area contributed by atoms with E-state index in [-0.39, 0.29) is 22.6 Å². The number of nitro benzene ring substituents is 1. The SMILES string of the molecule is CCC(=O)N(c1ccccc1)C1CCN(CCOc2c(C)cc([N+](=O)[O-])cc2C)CC1. The van der Waals surface area contributed by atoms with Gasteiger partial charge in [0, 0.05) is 49.9 Å². The van der Waals surface area contributed by atoms with Crippen LogP contribution in [0.4, 0.5) is 11.4 Å². The third-order valence-corrected chi connectivity index (χ3v) is 5.84. The van der Waals surface area contributed by atoms with Crippen molar-refractivity contribution in [3.8, 4) is 5.75 Å². The Morgan fingerprint density at radius 1 is 1.16 bits per heavy atom. The van der Waals surface area contributed by atoms with Crippen LogP contribution >= 0.6 is 0 Å². The molecule has 3 rings (SSSR count). The number of likely N-dealkylation sites (tertiary alicyclic amines) is 1. The summed E-state index contributed by atoms with van der Waals surface area (Å²) < 4.78 is 5.98. The molecule has 1 aliphatic heterocycles. The number of nitro groups is 1. The van der Waals surface area contributed by atoms with Crippen molar-refractivity contribution in [1.82, 2.24) is 4.90 Å². The number of rotatable bonds is 8. The summed E-state index contributed by atoms with van der Waals surface area (Å²) >= 11 is 0. The topological polar surface area (TPSA) is 75.9 Å². The Balaban J connectivity index is 1.53. The maximum absolute atomic E-state index is 12.6. The van der Waals surface area contributed by atoms with Crippen molar-refractivity contribution in [2.24, 2.45) is 0 Å². The highest BCUT2D eigenvalue weighted by Crippen LogP contribution is 2.28. The minimum atomic E-state index is -0.379. The van der Waals surface area contributed by atoms with Gasteiger partial charge in [-0.2, -0.15) is 0 Å². The Kier molecular flexibility index (Phi) is 7.63. The van der Waals surface area contributed by atoms with E-state index in [9.17, 15) is 14.9 Å². The maximum atomic E-state index is 12.6. The second-order valence-electron chi connectivity index (χ2n) is 8.04. The number of amides is 1. The minimum Gasteiger partial charge on any atom is -0.492 e. The van der Waals surface area contributed by atoms with E-state index >= 15 is 0 Å². The van der Waals surface area contributed by atoms with Gasteiger partial charge in [0.1, 0.15) is 12.4 Å². The fourth-order valence-electron chi connectivity index (χ4n) is 4.26. The number of hydrogen-bond donors (Lipinski definition) is 0. The smallest absolute Gasteiger partial charge is 0.270 e. The molecule has 0 unspecified atom stereocenters. The van der Waals surface area contributed by atoms with Crippen molar-refractivity contribution in [1.29, 1.82) is 0 Å². The molecule has 7 nitrogen and oxygen atoms in total. The second kappa shape index (κ2) is 10.4. The summed E-state index contributed by atoms with van der Waals surface area (Å²) in [6.45, 7) is 8.72. The zero-order valence-electron chi connectivity index (χ0n) is 18.5. The molecule has 31 heavy (non-hydrogen) atoms. The first-order valence-electron chi connectivity index (χ1n) is 10.9. The van der Waals surface area contributed by atoms with E-state index in [1.807, 2.05) is 56.0 Å². The Hall–Kier alpha value is -2.93. The molecule has 0 radical (unpaired) electrons. The highest BCUT2D eigenvalue weighted by Gasteiger charge is 2.28. The molecule has 0 aromatic heterocycles. The van der Waals surface area contributed by atoms with Gasteiger partial charge in [-0.3, -0.25) is 19.8 Å². The van der Waals surface area contributed by atoms with E-state index in [0.717, 1.165) is 55.0 Å². The van der Waals surface area contributed by atoms with E-state index in [0.29, 0.717) is 13.0 Å². The molecular formula is C24H31N3O4. The van der Waals surface area contributed by atoms with Crippen LogP contribution in [0.25, 0.3) is 0 Å². The van der Waals surface area contributed by atoms with Crippen molar-refractivity contribution in [2.45, 2.75) is 46.1 Å². The van der Waals surface area contributed by atoms with Gasteiger partial charge in [-0.1, -0.05) is 25.1 Å². The van der Waals surface area contributed by atoms with Crippen molar-refractivity contribution >= 4 is 17.3 Å². The molecule has 166 valence electrons. The molecular weight excluding hydrogens is 394 g/mol. The summed E-state index contributed by atoms with van der Waals surface area (Å²) in [6.07, 6.45) is 2.35. The number of aryl methyl sites for hydroxylation is 2. The lowest BCUT2D eigenvalue weighted by Gasteiger charge is -2.38. The van der Waals surface area contributed by atoms with E-state index in [4.69, 9.17) is 4.74 Å². The summed E-state index contributed by atoms with van der Waals surface area (Å²) in [5, 5.41) is 11.0. The molecule has 1 aliphatic rings. The van der Waals surface area contributed by atoms with Crippen molar-refractivity contribution in [3.63, 3.8) is 0 Å². The molecule has 2 aromatic carbocycles. The Morgan fingerprint density at radius 2 is 1.77 bits per heavy atom. The van der Waals surface area contributed by atoms with E-state index in [1.165, 1.54) is 0 Å². The fraction of sp³-hybridized carbons (Fsp3) is 0.458. The predicted octanol–water partition coefficient (Wildman–Crippen LogP) is 4.50. The largest absolute Gasteiger partial charge is 0.492 e. The normalized spacial score (nSPS) is 14.9. The first-order chi connectivity index (χ1) is 14.9. The van der Waals surface area contributed by atoms with Crippen molar-refractivity contribution < 1.29 is 14.5 Å². The summed E-state index contributed by atoms with van der Waals surface area (Å²) in [5.74, 6) is 0.890. The number of non-ortho nitro benzene ring substituents is 1. The zero-order valence-corrected chi connectivity index (χ0v) is 18.5. The summed E-state index contributed by atoms with van der Waals surface area (Å²) in [6, 6.07) is 13.2. The molecule has 0 saturated carbocycles. The molecule has 7 heteroatoms. The quantitative estimate of drug-likeness (QED) is 0.460. The maximum Gasteiger partial charge on any atom is 0.270 e. The van der Waals surface area contributed by atoms with Crippen LogP contribution in [0.5, 0.6) is 5.75 Å². The van der Waals surface area contributed by atoms with Crippen LogP contribution in [0.2, 0.25) is 0 Å². The second-order valence-corrected chi connectivity index (χ2v) is 8.04. The molecule has 1 fully saturated rings. The van der Waals surface area contributed by atoms with Crippen LogP contribution in [-0.2, 0) is 4.79 Å². The first kappa shape index (κ1) is 22.7.